The average molecular weight is 819 g/mol. The maximum absolute atomic E-state index is 2.41. The fourth-order valence-corrected chi connectivity index (χ4v) is 9.29. The second kappa shape index (κ2) is 16.6. The van der Waals surface area contributed by atoms with Crippen LogP contribution in [0.2, 0.25) is 0 Å². The van der Waals surface area contributed by atoms with E-state index >= 15 is 0 Å². The van der Waals surface area contributed by atoms with E-state index in [1.807, 2.05) is 0 Å². The Bertz CT molecular complexity index is 3440. The molecule has 0 aliphatic carbocycles. The summed E-state index contributed by atoms with van der Waals surface area (Å²) in [6.07, 6.45) is 8.72. The molecule has 64 heavy (non-hydrogen) atoms. The molecule has 0 heterocycles. The van der Waals surface area contributed by atoms with Crippen molar-refractivity contribution in [1.82, 2.24) is 0 Å². The zero-order chi connectivity index (χ0) is 43.0. The molecule has 0 amide bonds. The fraction of sp³-hybridized carbons (Fsp3) is 0.0323. The lowest BCUT2D eigenvalue weighted by molar-refractivity contribution is 1.29. The van der Waals surface area contributed by atoms with Crippen LogP contribution in [0, 0.1) is 13.8 Å². The van der Waals surface area contributed by atoms with Crippen LogP contribution in [0.5, 0.6) is 0 Å². The standard InChI is InChI=1S/C62H46N2/c1-43-19-23-46(24-20-43)27-28-48-29-35-51(36-30-48)63(49-13-7-4-8-14-49)59-41-39-55-54-16-10-18-58-60(42-40-56(62(54)58)53-15-9-17-57(59)61(53)55)64(50-33-21-44(2)22-34-50)52-37-31-47(32-38-52)26-25-45-11-5-3-6-12-45/h3-42H,1-2H3/b26-25+,28-27+. The van der Waals surface area contributed by atoms with Gasteiger partial charge in [0.25, 0.3) is 0 Å². The molecule has 0 aliphatic rings. The maximum Gasteiger partial charge on any atom is 0.0540 e. The topological polar surface area (TPSA) is 6.48 Å². The Morgan fingerprint density at radius 1 is 0.250 bits per heavy atom. The third kappa shape index (κ3) is 7.25. The van der Waals surface area contributed by atoms with Gasteiger partial charge in [0.1, 0.15) is 0 Å². The third-order valence-corrected chi connectivity index (χ3v) is 12.5. The lowest BCUT2D eigenvalue weighted by atomic mass is 9.88. The first-order chi connectivity index (χ1) is 31.6. The summed E-state index contributed by atoms with van der Waals surface area (Å²) in [5.74, 6) is 0. The van der Waals surface area contributed by atoms with Crippen molar-refractivity contribution >= 4 is 102 Å². The summed E-state index contributed by atoms with van der Waals surface area (Å²) in [6, 6.07) is 79.6. The van der Waals surface area contributed by atoms with Crippen LogP contribution in [0.25, 0.3) is 67.4 Å². The smallest absolute Gasteiger partial charge is 0.0540 e. The summed E-state index contributed by atoms with van der Waals surface area (Å²) < 4.78 is 0. The molecule has 0 saturated heterocycles. The highest BCUT2D eigenvalue weighted by Crippen LogP contribution is 2.49. The largest absolute Gasteiger partial charge is 0.310 e. The second-order valence-corrected chi connectivity index (χ2v) is 16.7. The molecule has 0 atom stereocenters. The monoisotopic (exact) mass is 818 g/mol. The first kappa shape index (κ1) is 38.7. The number of hydrogen-bond donors (Lipinski definition) is 0. The van der Waals surface area contributed by atoms with Gasteiger partial charge in [-0.3, -0.25) is 0 Å². The minimum Gasteiger partial charge on any atom is -0.310 e. The van der Waals surface area contributed by atoms with Crippen LogP contribution in [0.4, 0.5) is 34.1 Å². The van der Waals surface area contributed by atoms with Crippen LogP contribution in [-0.2, 0) is 0 Å². The molecule has 0 radical (unpaired) electrons. The van der Waals surface area contributed by atoms with Crippen LogP contribution >= 0.6 is 0 Å². The van der Waals surface area contributed by atoms with E-state index in [0.29, 0.717) is 0 Å². The van der Waals surface area contributed by atoms with E-state index in [2.05, 4.69) is 266 Å². The second-order valence-electron chi connectivity index (χ2n) is 16.7. The number of fused-ring (bicyclic) bond motifs is 2. The molecule has 2 nitrogen and oxygen atoms in total. The Hall–Kier alpha value is -8.20. The minimum atomic E-state index is 1.11. The summed E-state index contributed by atoms with van der Waals surface area (Å²) in [6.45, 7) is 4.27. The van der Waals surface area contributed by atoms with Crippen molar-refractivity contribution in [2.24, 2.45) is 0 Å². The summed E-state index contributed by atoms with van der Waals surface area (Å²) in [5, 5.41) is 10.0. The zero-order valence-corrected chi connectivity index (χ0v) is 36.0. The SMILES string of the molecule is Cc1ccc(/C=C/c2ccc(N(c3ccccc3)c3ccc4c5cccc6c(N(c7ccc(C)cc7)c7ccc(/C=C/c8ccccc8)cc7)ccc(c7cccc3c74)c65)cc2)cc1. The summed E-state index contributed by atoms with van der Waals surface area (Å²) >= 11 is 0. The summed E-state index contributed by atoms with van der Waals surface area (Å²) in [5.41, 5.74) is 14.0. The number of anilines is 6. The van der Waals surface area contributed by atoms with Gasteiger partial charge in [0.2, 0.25) is 0 Å². The van der Waals surface area contributed by atoms with E-state index in [-0.39, 0.29) is 0 Å². The Morgan fingerprint density at radius 2 is 0.562 bits per heavy atom. The molecule has 11 rings (SSSR count). The van der Waals surface area contributed by atoms with Gasteiger partial charge in [-0.2, -0.15) is 0 Å². The molecule has 11 aromatic rings. The van der Waals surface area contributed by atoms with Gasteiger partial charge in [-0.05, 0) is 129 Å². The summed E-state index contributed by atoms with van der Waals surface area (Å²) in [4.78, 5) is 4.81. The van der Waals surface area contributed by atoms with Crippen molar-refractivity contribution in [3.63, 3.8) is 0 Å². The quantitative estimate of drug-likeness (QED) is 0.0770. The van der Waals surface area contributed by atoms with Gasteiger partial charge >= 0.3 is 0 Å². The normalized spacial score (nSPS) is 11.8. The van der Waals surface area contributed by atoms with E-state index in [0.717, 1.165) is 45.3 Å². The molecule has 0 fully saturated rings. The van der Waals surface area contributed by atoms with Gasteiger partial charge in [0.15, 0.2) is 0 Å². The predicted molar refractivity (Wildman–Crippen MR) is 277 cm³/mol. The van der Waals surface area contributed by atoms with Gasteiger partial charge in [-0.15, -0.1) is 0 Å². The molecule has 0 aromatic heterocycles. The first-order valence-electron chi connectivity index (χ1n) is 22.1. The van der Waals surface area contributed by atoms with Crippen LogP contribution < -0.4 is 9.80 Å². The van der Waals surface area contributed by atoms with Gasteiger partial charge in [0.05, 0.1) is 11.4 Å². The van der Waals surface area contributed by atoms with Crippen LogP contribution in [0.1, 0.15) is 33.4 Å². The minimum absolute atomic E-state index is 1.11. The van der Waals surface area contributed by atoms with Gasteiger partial charge in [0, 0.05) is 33.5 Å². The van der Waals surface area contributed by atoms with Crippen LogP contribution in [-0.4, -0.2) is 0 Å². The fourth-order valence-electron chi connectivity index (χ4n) is 9.29. The number of benzene rings is 11. The van der Waals surface area contributed by atoms with Crippen molar-refractivity contribution in [1.29, 1.82) is 0 Å². The van der Waals surface area contributed by atoms with E-state index in [1.165, 1.54) is 65.3 Å². The van der Waals surface area contributed by atoms with Crippen molar-refractivity contribution in [3.05, 3.63) is 252 Å². The number of para-hydroxylation sites is 1. The highest BCUT2D eigenvalue weighted by molar-refractivity contribution is 6.35. The lowest BCUT2D eigenvalue weighted by Gasteiger charge is -2.29. The molecule has 0 unspecified atom stereocenters. The van der Waals surface area contributed by atoms with E-state index in [4.69, 9.17) is 0 Å². The molecular formula is C62H46N2. The maximum atomic E-state index is 2.41. The molecule has 0 saturated carbocycles. The molecule has 0 spiro atoms. The van der Waals surface area contributed by atoms with Gasteiger partial charge in [-0.1, -0.05) is 193 Å². The third-order valence-electron chi connectivity index (χ3n) is 12.5. The first-order valence-corrected chi connectivity index (χ1v) is 22.1. The molecule has 2 heteroatoms. The molecule has 11 aromatic carbocycles. The van der Waals surface area contributed by atoms with E-state index < -0.39 is 0 Å². The zero-order valence-electron chi connectivity index (χ0n) is 36.0. The van der Waals surface area contributed by atoms with Gasteiger partial charge in [-0.25, -0.2) is 0 Å². The number of aryl methyl sites for hydroxylation is 2. The molecular weight excluding hydrogens is 773 g/mol. The lowest BCUT2D eigenvalue weighted by Crippen LogP contribution is -2.11. The van der Waals surface area contributed by atoms with Crippen molar-refractivity contribution in [2.45, 2.75) is 13.8 Å². The Labute approximate surface area is 375 Å². The van der Waals surface area contributed by atoms with Crippen molar-refractivity contribution in [2.75, 3.05) is 9.80 Å². The molecule has 0 N–H and O–H groups in total. The molecule has 0 aliphatic heterocycles. The number of rotatable bonds is 10. The van der Waals surface area contributed by atoms with Crippen molar-refractivity contribution < 1.29 is 0 Å². The predicted octanol–water partition coefficient (Wildman–Crippen LogP) is 17.6. The average Bonchev–Trinajstić information content (AvgIpc) is 3.35. The number of nitrogens with zero attached hydrogens (tertiary/aromatic N) is 2. The highest BCUT2D eigenvalue weighted by atomic mass is 15.1. The Balaban J connectivity index is 1.04. The van der Waals surface area contributed by atoms with Crippen molar-refractivity contribution in [3.8, 4) is 0 Å². The summed E-state index contributed by atoms with van der Waals surface area (Å²) in [7, 11) is 0. The Morgan fingerprint density at radius 3 is 1.00 bits per heavy atom. The highest BCUT2D eigenvalue weighted by Gasteiger charge is 2.22. The molecule has 0 bridgehead atoms. The number of hydrogen-bond acceptors (Lipinski definition) is 2. The molecule has 304 valence electrons. The van der Waals surface area contributed by atoms with Gasteiger partial charge < -0.3 is 9.80 Å². The Kier molecular flexibility index (Phi) is 10.0. The van der Waals surface area contributed by atoms with Crippen LogP contribution in [0.3, 0.4) is 0 Å². The van der Waals surface area contributed by atoms with Crippen LogP contribution in [0.15, 0.2) is 218 Å². The van der Waals surface area contributed by atoms with E-state index in [9.17, 15) is 0 Å². The van der Waals surface area contributed by atoms with E-state index in [1.54, 1.807) is 0 Å².